The Hall–Kier alpha value is -1.10. The molecule has 0 rings (SSSR count). The van der Waals surface area contributed by atoms with E-state index in [1.165, 1.54) is 4.90 Å². The van der Waals surface area contributed by atoms with Gasteiger partial charge >= 0.3 is 0 Å². The summed E-state index contributed by atoms with van der Waals surface area (Å²) in [5, 5.41) is 0. The second-order valence-electron chi connectivity index (χ2n) is 5.64. The molecule has 0 saturated carbocycles. The lowest BCUT2D eigenvalue weighted by Crippen LogP contribution is -2.45. The molecule has 5 heteroatoms. The first-order valence-corrected chi connectivity index (χ1v) is 6.55. The van der Waals surface area contributed by atoms with Crippen LogP contribution in [0.5, 0.6) is 0 Å². The molecule has 0 saturated heterocycles. The van der Waals surface area contributed by atoms with Crippen LogP contribution in [0.15, 0.2) is 0 Å². The summed E-state index contributed by atoms with van der Waals surface area (Å²) >= 11 is 0. The third-order valence-corrected chi connectivity index (χ3v) is 2.63. The normalized spacial score (nSPS) is 12.8. The third kappa shape index (κ3) is 6.59. The molecule has 4 N–H and O–H groups in total. The average molecular weight is 257 g/mol. The van der Waals surface area contributed by atoms with E-state index in [-0.39, 0.29) is 18.4 Å². The van der Waals surface area contributed by atoms with Gasteiger partial charge in [0.1, 0.15) is 0 Å². The lowest BCUT2D eigenvalue weighted by atomic mass is 9.95. The Labute approximate surface area is 110 Å². The van der Waals surface area contributed by atoms with E-state index in [1.54, 1.807) is 0 Å². The van der Waals surface area contributed by atoms with E-state index in [9.17, 15) is 9.59 Å². The number of nitrogens with zero attached hydrogens (tertiary/aromatic N) is 1. The minimum Gasteiger partial charge on any atom is -0.368 e. The number of rotatable bonds is 8. The van der Waals surface area contributed by atoms with Crippen LogP contribution in [0.3, 0.4) is 0 Å². The molecule has 2 amide bonds. The van der Waals surface area contributed by atoms with Crippen molar-refractivity contribution in [2.24, 2.45) is 29.2 Å². The summed E-state index contributed by atoms with van der Waals surface area (Å²) in [5.41, 5.74) is 10.8. The van der Waals surface area contributed by atoms with Crippen molar-refractivity contribution >= 4 is 11.8 Å². The SMILES string of the molecule is CC(C)CC(CN)C(=O)N(CC(N)=O)CC(C)C. The van der Waals surface area contributed by atoms with Crippen LogP contribution in [0.25, 0.3) is 0 Å². The molecule has 0 aromatic rings. The average Bonchev–Trinajstić information content (AvgIpc) is 2.22. The Morgan fingerprint density at radius 1 is 1.11 bits per heavy atom. The van der Waals surface area contributed by atoms with Gasteiger partial charge in [-0.15, -0.1) is 0 Å². The van der Waals surface area contributed by atoms with Crippen molar-refractivity contribution in [2.75, 3.05) is 19.6 Å². The number of nitrogens with two attached hydrogens (primary N) is 2. The minimum atomic E-state index is -0.482. The maximum atomic E-state index is 12.3. The zero-order valence-corrected chi connectivity index (χ0v) is 12.0. The Morgan fingerprint density at radius 2 is 1.67 bits per heavy atom. The van der Waals surface area contributed by atoms with E-state index in [0.29, 0.717) is 24.9 Å². The molecule has 0 aromatic heterocycles. The Bertz CT molecular complexity index is 277. The first-order valence-electron chi connectivity index (χ1n) is 6.55. The fourth-order valence-corrected chi connectivity index (χ4v) is 1.99. The highest BCUT2D eigenvalue weighted by atomic mass is 16.2. The fourth-order valence-electron chi connectivity index (χ4n) is 1.99. The van der Waals surface area contributed by atoms with Crippen LogP contribution < -0.4 is 11.5 Å². The van der Waals surface area contributed by atoms with Gasteiger partial charge in [-0.2, -0.15) is 0 Å². The van der Waals surface area contributed by atoms with Crippen LogP contribution >= 0.6 is 0 Å². The molecular weight excluding hydrogens is 230 g/mol. The van der Waals surface area contributed by atoms with Crippen LogP contribution in [0.1, 0.15) is 34.1 Å². The second kappa shape index (κ2) is 8.08. The molecule has 0 aliphatic carbocycles. The van der Waals surface area contributed by atoms with Crippen molar-refractivity contribution in [3.05, 3.63) is 0 Å². The number of primary amides is 1. The summed E-state index contributed by atoms with van der Waals surface area (Å²) in [6.07, 6.45) is 0.739. The van der Waals surface area contributed by atoms with Gasteiger partial charge < -0.3 is 16.4 Å². The van der Waals surface area contributed by atoms with Crippen LogP contribution in [0.4, 0.5) is 0 Å². The molecule has 106 valence electrons. The monoisotopic (exact) mass is 257 g/mol. The van der Waals surface area contributed by atoms with E-state index < -0.39 is 5.91 Å². The van der Waals surface area contributed by atoms with Gasteiger partial charge in [-0.1, -0.05) is 27.7 Å². The number of amides is 2. The van der Waals surface area contributed by atoms with E-state index in [0.717, 1.165) is 6.42 Å². The van der Waals surface area contributed by atoms with Gasteiger partial charge in [0.2, 0.25) is 11.8 Å². The van der Waals surface area contributed by atoms with Crippen LogP contribution in [-0.2, 0) is 9.59 Å². The smallest absolute Gasteiger partial charge is 0.237 e. The van der Waals surface area contributed by atoms with Gasteiger partial charge in [0.15, 0.2) is 0 Å². The highest BCUT2D eigenvalue weighted by Crippen LogP contribution is 2.14. The zero-order valence-electron chi connectivity index (χ0n) is 12.0. The standard InChI is InChI=1S/C13H27N3O2/c1-9(2)5-11(6-14)13(18)16(7-10(3)4)8-12(15)17/h9-11H,5-8,14H2,1-4H3,(H2,15,17). The zero-order chi connectivity index (χ0) is 14.3. The summed E-state index contributed by atoms with van der Waals surface area (Å²) in [5.74, 6) is -0.0612. The largest absolute Gasteiger partial charge is 0.368 e. The first kappa shape index (κ1) is 16.9. The lowest BCUT2D eigenvalue weighted by Gasteiger charge is -2.28. The molecule has 18 heavy (non-hydrogen) atoms. The van der Waals surface area contributed by atoms with Crippen molar-refractivity contribution in [1.29, 1.82) is 0 Å². The minimum absolute atomic E-state index is 0.0222. The van der Waals surface area contributed by atoms with Gasteiger partial charge in [-0.3, -0.25) is 9.59 Å². The van der Waals surface area contributed by atoms with Gasteiger partial charge in [-0.25, -0.2) is 0 Å². The van der Waals surface area contributed by atoms with Crippen molar-refractivity contribution < 1.29 is 9.59 Å². The molecule has 1 atom stereocenters. The molecule has 0 spiro atoms. The van der Waals surface area contributed by atoms with Crippen LogP contribution in [0.2, 0.25) is 0 Å². The van der Waals surface area contributed by atoms with E-state index >= 15 is 0 Å². The second-order valence-corrected chi connectivity index (χ2v) is 5.64. The quantitative estimate of drug-likeness (QED) is 0.666. The highest BCUT2D eigenvalue weighted by Gasteiger charge is 2.25. The summed E-state index contributed by atoms with van der Waals surface area (Å²) in [6, 6.07) is 0. The molecule has 0 heterocycles. The van der Waals surface area contributed by atoms with Crippen LogP contribution in [0, 0.1) is 17.8 Å². The predicted molar refractivity (Wildman–Crippen MR) is 72.6 cm³/mol. The molecule has 0 aromatic carbocycles. The van der Waals surface area contributed by atoms with E-state index in [2.05, 4.69) is 13.8 Å². The van der Waals surface area contributed by atoms with Crippen molar-refractivity contribution in [1.82, 2.24) is 4.90 Å². The number of carbonyl (C=O) groups excluding carboxylic acids is 2. The van der Waals surface area contributed by atoms with Gasteiger partial charge in [0, 0.05) is 13.1 Å². The number of carbonyl (C=O) groups is 2. The maximum Gasteiger partial charge on any atom is 0.237 e. The molecule has 0 fully saturated rings. The van der Waals surface area contributed by atoms with Gasteiger partial charge in [-0.05, 0) is 18.3 Å². The predicted octanol–water partition coefficient (Wildman–Crippen LogP) is 0.577. The molecule has 0 aliphatic heterocycles. The summed E-state index contributed by atoms with van der Waals surface area (Å²) in [4.78, 5) is 24.9. The summed E-state index contributed by atoms with van der Waals surface area (Å²) in [6.45, 7) is 8.93. The molecular formula is C13H27N3O2. The topological polar surface area (TPSA) is 89.4 Å². The summed E-state index contributed by atoms with van der Waals surface area (Å²) < 4.78 is 0. The van der Waals surface area contributed by atoms with Crippen molar-refractivity contribution in [3.63, 3.8) is 0 Å². The van der Waals surface area contributed by atoms with Crippen molar-refractivity contribution in [2.45, 2.75) is 34.1 Å². The molecule has 0 bridgehead atoms. The molecule has 1 unspecified atom stereocenters. The Balaban J connectivity index is 4.73. The Morgan fingerprint density at radius 3 is 2.00 bits per heavy atom. The lowest BCUT2D eigenvalue weighted by molar-refractivity contribution is -0.139. The molecule has 0 aliphatic rings. The fraction of sp³-hybridized carbons (Fsp3) is 0.846. The Kier molecular flexibility index (Phi) is 7.59. The summed E-state index contributed by atoms with van der Waals surface area (Å²) in [7, 11) is 0. The number of hydrogen-bond acceptors (Lipinski definition) is 3. The molecule has 5 nitrogen and oxygen atoms in total. The number of hydrogen-bond donors (Lipinski definition) is 2. The van der Waals surface area contributed by atoms with Crippen LogP contribution in [-0.4, -0.2) is 36.3 Å². The van der Waals surface area contributed by atoms with Gasteiger partial charge in [0.25, 0.3) is 0 Å². The highest BCUT2D eigenvalue weighted by molar-refractivity contribution is 5.85. The van der Waals surface area contributed by atoms with Gasteiger partial charge in [0.05, 0.1) is 12.5 Å². The first-order chi connectivity index (χ1) is 8.27. The molecule has 0 radical (unpaired) electrons. The maximum absolute atomic E-state index is 12.3. The third-order valence-electron chi connectivity index (χ3n) is 2.63. The van der Waals surface area contributed by atoms with E-state index in [4.69, 9.17) is 11.5 Å². The van der Waals surface area contributed by atoms with E-state index in [1.807, 2.05) is 13.8 Å². The van der Waals surface area contributed by atoms with Crippen molar-refractivity contribution in [3.8, 4) is 0 Å².